The average molecular weight is 285 g/mol. The van der Waals surface area contributed by atoms with Gasteiger partial charge in [-0.1, -0.05) is 18.6 Å². The molecule has 1 heterocycles. The van der Waals surface area contributed by atoms with Gasteiger partial charge < -0.3 is 10.6 Å². The van der Waals surface area contributed by atoms with Crippen LogP contribution in [-0.4, -0.2) is 37.6 Å². The second kappa shape index (κ2) is 5.53. The Morgan fingerprint density at radius 2 is 1.81 bits per heavy atom. The summed E-state index contributed by atoms with van der Waals surface area (Å²) in [5, 5.41) is 0. The third-order valence-electron chi connectivity index (χ3n) is 6.03. The van der Waals surface area contributed by atoms with Crippen molar-refractivity contribution in [2.45, 2.75) is 25.7 Å². The van der Waals surface area contributed by atoms with Crippen LogP contribution < -0.4 is 10.6 Å². The molecule has 1 saturated heterocycles. The van der Waals surface area contributed by atoms with E-state index in [1.54, 1.807) is 0 Å². The van der Waals surface area contributed by atoms with Crippen molar-refractivity contribution in [1.82, 2.24) is 4.90 Å². The van der Waals surface area contributed by atoms with Crippen molar-refractivity contribution < 1.29 is 0 Å². The van der Waals surface area contributed by atoms with Gasteiger partial charge in [-0.05, 0) is 49.1 Å². The SMILES string of the molecule is Nc1ccccc1N1CCN(CC2CC3CCC2C3)CC1. The minimum Gasteiger partial charge on any atom is -0.397 e. The summed E-state index contributed by atoms with van der Waals surface area (Å²) in [6.07, 6.45) is 6.07. The molecule has 2 N–H and O–H groups in total. The zero-order chi connectivity index (χ0) is 14.2. The monoisotopic (exact) mass is 285 g/mol. The van der Waals surface area contributed by atoms with E-state index in [1.807, 2.05) is 12.1 Å². The third kappa shape index (κ3) is 2.64. The second-order valence-electron chi connectivity index (χ2n) is 7.28. The van der Waals surface area contributed by atoms with Crippen molar-refractivity contribution in [2.75, 3.05) is 43.4 Å². The molecule has 3 heteroatoms. The Hall–Kier alpha value is -1.22. The fraction of sp³-hybridized carbons (Fsp3) is 0.667. The van der Waals surface area contributed by atoms with Gasteiger partial charge in [0.25, 0.3) is 0 Å². The largest absolute Gasteiger partial charge is 0.397 e. The Bertz CT molecular complexity index is 493. The van der Waals surface area contributed by atoms with Gasteiger partial charge in [-0.15, -0.1) is 0 Å². The maximum Gasteiger partial charge on any atom is 0.0600 e. The van der Waals surface area contributed by atoms with Gasteiger partial charge in [0.05, 0.1) is 11.4 Å². The summed E-state index contributed by atoms with van der Waals surface area (Å²) in [5.74, 6) is 3.13. The lowest BCUT2D eigenvalue weighted by molar-refractivity contribution is 0.182. The zero-order valence-corrected chi connectivity index (χ0v) is 12.9. The molecule has 1 aliphatic heterocycles. The van der Waals surface area contributed by atoms with Gasteiger partial charge in [-0.3, -0.25) is 4.90 Å². The standard InChI is InChI=1S/C18H27N3/c19-17-3-1-2-4-18(17)21-9-7-20(8-10-21)13-16-12-14-5-6-15(16)11-14/h1-4,14-16H,5-13,19H2. The smallest absolute Gasteiger partial charge is 0.0600 e. The lowest BCUT2D eigenvalue weighted by atomic mass is 9.88. The Balaban J connectivity index is 1.32. The number of para-hydroxylation sites is 2. The molecule has 1 aromatic rings. The molecule has 3 nitrogen and oxygen atoms in total. The molecule has 1 aromatic carbocycles. The first-order chi connectivity index (χ1) is 10.3. The van der Waals surface area contributed by atoms with Crippen LogP contribution in [0, 0.1) is 17.8 Å². The van der Waals surface area contributed by atoms with E-state index in [2.05, 4.69) is 21.9 Å². The molecule has 3 aliphatic rings. The molecule has 3 fully saturated rings. The van der Waals surface area contributed by atoms with Gasteiger partial charge in [0.15, 0.2) is 0 Å². The number of fused-ring (bicyclic) bond motifs is 2. The van der Waals surface area contributed by atoms with Crippen LogP contribution in [0.4, 0.5) is 11.4 Å². The molecule has 3 unspecified atom stereocenters. The quantitative estimate of drug-likeness (QED) is 0.867. The van der Waals surface area contributed by atoms with E-state index in [4.69, 9.17) is 5.73 Å². The molecular formula is C18H27N3. The zero-order valence-electron chi connectivity index (χ0n) is 12.9. The normalized spacial score (nSPS) is 32.8. The first-order valence-electron chi connectivity index (χ1n) is 8.61. The number of rotatable bonds is 3. The topological polar surface area (TPSA) is 32.5 Å². The first kappa shape index (κ1) is 13.4. The maximum atomic E-state index is 6.10. The lowest BCUT2D eigenvalue weighted by Crippen LogP contribution is -2.48. The first-order valence-corrected chi connectivity index (χ1v) is 8.61. The average Bonchev–Trinajstić information content (AvgIpc) is 3.11. The van der Waals surface area contributed by atoms with Crippen molar-refractivity contribution in [3.05, 3.63) is 24.3 Å². The number of anilines is 2. The molecule has 2 aliphatic carbocycles. The summed E-state index contributed by atoms with van der Waals surface area (Å²) in [7, 11) is 0. The summed E-state index contributed by atoms with van der Waals surface area (Å²) >= 11 is 0. The highest BCUT2D eigenvalue weighted by Crippen LogP contribution is 2.48. The third-order valence-corrected chi connectivity index (χ3v) is 6.03. The van der Waals surface area contributed by atoms with E-state index in [0.717, 1.165) is 36.5 Å². The maximum absolute atomic E-state index is 6.10. The highest BCUT2D eigenvalue weighted by atomic mass is 15.3. The van der Waals surface area contributed by atoms with E-state index < -0.39 is 0 Å². The van der Waals surface area contributed by atoms with E-state index >= 15 is 0 Å². The van der Waals surface area contributed by atoms with E-state index in [9.17, 15) is 0 Å². The number of nitrogens with two attached hydrogens (primary N) is 1. The second-order valence-corrected chi connectivity index (χ2v) is 7.28. The van der Waals surface area contributed by atoms with Gasteiger partial charge in [0, 0.05) is 32.7 Å². The number of hydrogen-bond donors (Lipinski definition) is 1. The lowest BCUT2D eigenvalue weighted by Gasteiger charge is -2.38. The fourth-order valence-electron chi connectivity index (χ4n) is 4.88. The van der Waals surface area contributed by atoms with Crippen LogP contribution in [0.1, 0.15) is 25.7 Å². The molecule has 3 atom stereocenters. The molecule has 2 bridgehead atoms. The van der Waals surface area contributed by atoms with Crippen molar-refractivity contribution in [1.29, 1.82) is 0 Å². The van der Waals surface area contributed by atoms with E-state index in [1.165, 1.54) is 51.0 Å². The summed E-state index contributed by atoms with van der Waals surface area (Å²) in [6.45, 7) is 5.98. The minimum absolute atomic E-state index is 0.916. The Morgan fingerprint density at radius 3 is 2.48 bits per heavy atom. The molecule has 2 saturated carbocycles. The minimum atomic E-state index is 0.916. The van der Waals surface area contributed by atoms with Gasteiger partial charge in [-0.25, -0.2) is 0 Å². The van der Waals surface area contributed by atoms with Crippen LogP contribution >= 0.6 is 0 Å². The predicted molar refractivity (Wildman–Crippen MR) is 88.4 cm³/mol. The van der Waals surface area contributed by atoms with Crippen molar-refractivity contribution in [2.24, 2.45) is 17.8 Å². The summed E-state index contributed by atoms with van der Waals surface area (Å²) < 4.78 is 0. The Morgan fingerprint density at radius 1 is 1.00 bits per heavy atom. The number of nitrogens with zero attached hydrogens (tertiary/aromatic N) is 2. The highest BCUT2D eigenvalue weighted by molar-refractivity contribution is 5.67. The number of piperazine rings is 1. The van der Waals surface area contributed by atoms with Crippen LogP contribution in [0.2, 0.25) is 0 Å². The molecule has 0 radical (unpaired) electrons. The van der Waals surface area contributed by atoms with Crippen molar-refractivity contribution >= 4 is 11.4 Å². The number of hydrogen-bond acceptors (Lipinski definition) is 3. The van der Waals surface area contributed by atoms with Gasteiger partial charge in [-0.2, -0.15) is 0 Å². The van der Waals surface area contributed by atoms with Crippen LogP contribution in [0.5, 0.6) is 0 Å². The van der Waals surface area contributed by atoms with Gasteiger partial charge in [0.2, 0.25) is 0 Å². The molecule has 21 heavy (non-hydrogen) atoms. The number of nitrogen functional groups attached to an aromatic ring is 1. The molecule has 114 valence electrons. The van der Waals surface area contributed by atoms with Crippen LogP contribution in [0.3, 0.4) is 0 Å². The van der Waals surface area contributed by atoms with Crippen LogP contribution in [0.25, 0.3) is 0 Å². The van der Waals surface area contributed by atoms with Crippen LogP contribution in [-0.2, 0) is 0 Å². The Kier molecular flexibility index (Phi) is 3.54. The molecule has 0 spiro atoms. The van der Waals surface area contributed by atoms with Crippen molar-refractivity contribution in [3.8, 4) is 0 Å². The predicted octanol–water partition coefficient (Wildman–Crippen LogP) is 2.83. The number of benzene rings is 1. The molecular weight excluding hydrogens is 258 g/mol. The summed E-state index contributed by atoms with van der Waals surface area (Å²) in [6, 6.07) is 8.27. The van der Waals surface area contributed by atoms with E-state index in [0.29, 0.717) is 0 Å². The fourth-order valence-corrected chi connectivity index (χ4v) is 4.88. The van der Waals surface area contributed by atoms with Gasteiger partial charge in [0.1, 0.15) is 0 Å². The highest BCUT2D eigenvalue weighted by Gasteiger charge is 2.40. The molecule has 0 aromatic heterocycles. The Labute approximate surface area is 128 Å². The summed E-state index contributed by atoms with van der Waals surface area (Å²) in [5.41, 5.74) is 8.24. The summed E-state index contributed by atoms with van der Waals surface area (Å²) in [4.78, 5) is 5.15. The van der Waals surface area contributed by atoms with Crippen LogP contribution in [0.15, 0.2) is 24.3 Å². The van der Waals surface area contributed by atoms with Gasteiger partial charge >= 0.3 is 0 Å². The molecule has 0 amide bonds. The van der Waals surface area contributed by atoms with E-state index in [-0.39, 0.29) is 0 Å². The molecule has 4 rings (SSSR count). The van der Waals surface area contributed by atoms with Crippen molar-refractivity contribution in [3.63, 3.8) is 0 Å².